The smallest absolute Gasteiger partial charge is 0.248 e. The zero-order valence-corrected chi connectivity index (χ0v) is 11.1. The molecular formula is C15H22N2O. The third kappa shape index (κ3) is 3.03. The van der Waals surface area contributed by atoms with Gasteiger partial charge in [-0.1, -0.05) is 19.9 Å². The molecular weight excluding hydrogens is 224 g/mol. The molecule has 3 unspecified atom stereocenters. The van der Waals surface area contributed by atoms with Crippen LogP contribution in [0.5, 0.6) is 0 Å². The van der Waals surface area contributed by atoms with Crippen LogP contribution in [0.1, 0.15) is 43.5 Å². The summed E-state index contributed by atoms with van der Waals surface area (Å²) in [6.07, 6.45) is 3.74. The van der Waals surface area contributed by atoms with Gasteiger partial charge in [0.25, 0.3) is 0 Å². The Balaban J connectivity index is 2.05. The average molecular weight is 246 g/mol. The lowest BCUT2D eigenvalue weighted by Crippen LogP contribution is -2.33. The summed E-state index contributed by atoms with van der Waals surface area (Å²) in [4.78, 5) is 11.1. The topological polar surface area (TPSA) is 55.1 Å². The highest BCUT2D eigenvalue weighted by Gasteiger charge is 2.25. The van der Waals surface area contributed by atoms with Crippen LogP contribution in [0.3, 0.4) is 0 Å². The summed E-state index contributed by atoms with van der Waals surface area (Å²) in [6.45, 7) is 4.62. The fourth-order valence-electron chi connectivity index (χ4n) is 2.86. The summed E-state index contributed by atoms with van der Waals surface area (Å²) in [5.41, 5.74) is 6.86. The van der Waals surface area contributed by atoms with Crippen molar-refractivity contribution in [2.75, 3.05) is 5.32 Å². The molecule has 18 heavy (non-hydrogen) atoms. The average Bonchev–Trinajstić information content (AvgIpc) is 2.33. The summed E-state index contributed by atoms with van der Waals surface area (Å²) >= 11 is 0. The molecule has 0 saturated heterocycles. The third-order valence-electron chi connectivity index (χ3n) is 3.93. The summed E-state index contributed by atoms with van der Waals surface area (Å²) in [5.74, 6) is 1.13. The molecule has 0 bridgehead atoms. The Morgan fingerprint density at radius 2 is 2.11 bits per heavy atom. The fraction of sp³-hybridized carbons (Fsp3) is 0.533. The van der Waals surface area contributed by atoms with Crippen LogP contribution in [0, 0.1) is 11.8 Å². The first kappa shape index (κ1) is 12.9. The Morgan fingerprint density at radius 3 is 2.78 bits per heavy atom. The second-order valence-corrected chi connectivity index (χ2v) is 5.59. The van der Waals surface area contributed by atoms with Gasteiger partial charge in [-0.05, 0) is 49.3 Å². The molecule has 0 aliphatic heterocycles. The van der Waals surface area contributed by atoms with Crippen LogP contribution < -0.4 is 11.1 Å². The van der Waals surface area contributed by atoms with Crippen molar-refractivity contribution in [3.05, 3.63) is 29.8 Å². The molecule has 3 atom stereocenters. The van der Waals surface area contributed by atoms with Gasteiger partial charge in [0, 0.05) is 17.3 Å². The molecule has 0 radical (unpaired) electrons. The Bertz CT molecular complexity index is 430. The molecule has 3 nitrogen and oxygen atoms in total. The summed E-state index contributed by atoms with van der Waals surface area (Å²) in [7, 11) is 0. The van der Waals surface area contributed by atoms with Crippen molar-refractivity contribution >= 4 is 11.6 Å². The second-order valence-electron chi connectivity index (χ2n) is 5.59. The van der Waals surface area contributed by atoms with E-state index in [0.29, 0.717) is 17.5 Å². The maximum atomic E-state index is 11.1. The van der Waals surface area contributed by atoms with Gasteiger partial charge in [0.15, 0.2) is 0 Å². The number of primary amides is 1. The van der Waals surface area contributed by atoms with Gasteiger partial charge >= 0.3 is 0 Å². The van der Waals surface area contributed by atoms with Crippen molar-refractivity contribution in [3.63, 3.8) is 0 Å². The first-order valence-electron chi connectivity index (χ1n) is 6.72. The van der Waals surface area contributed by atoms with Crippen molar-refractivity contribution in [3.8, 4) is 0 Å². The largest absolute Gasteiger partial charge is 0.382 e. The van der Waals surface area contributed by atoms with E-state index >= 15 is 0 Å². The Hall–Kier alpha value is -1.51. The van der Waals surface area contributed by atoms with E-state index in [1.807, 2.05) is 18.2 Å². The normalized spacial score (nSPS) is 27.8. The first-order chi connectivity index (χ1) is 8.56. The van der Waals surface area contributed by atoms with E-state index in [1.54, 1.807) is 6.07 Å². The van der Waals surface area contributed by atoms with Crippen molar-refractivity contribution in [2.45, 2.75) is 39.2 Å². The minimum absolute atomic E-state index is 0.371. The second kappa shape index (κ2) is 5.42. The SMILES string of the molecule is CC1CCC(Nc2cccc(C(N)=O)c2)C(C)C1. The van der Waals surface area contributed by atoms with Crippen LogP contribution in [0.2, 0.25) is 0 Å². The Kier molecular flexibility index (Phi) is 3.90. The van der Waals surface area contributed by atoms with E-state index in [1.165, 1.54) is 19.3 Å². The number of nitrogens with two attached hydrogens (primary N) is 1. The van der Waals surface area contributed by atoms with E-state index in [0.717, 1.165) is 11.6 Å². The Labute approximate surface area is 109 Å². The highest BCUT2D eigenvalue weighted by molar-refractivity contribution is 5.93. The van der Waals surface area contributed by atoms with Gasteiger partial charge in [-0.3, -0.25) is 4.79 Å². The molecule has 1 aliphatic carbocycles. The van der Waals surface area contributed by atoms with Gasteiger partial charge in [0.05, 0.1) is 0 Å². The van der Waals surface area contributed by atoms with Crippen molar-refractivity contribution < 1.29 is 4.79 Å². The number of carbonyl (C=O) groups is 1. The lowest BCUT2D eigenvalue weighted by Gasteiger charge is -2.33. The van der Waals surface area contributed by atoms with E-state index in [9.17, 15) is 4.79 Å². The van der Waals surface area contributed by atoms with Gasteiger partial charge in [-0.15, -0.1) is 0 Å². The van der Waals surface area contributed by atoms with E-state index < -0.39 is 0 Å². The number of hydrogen-bond donors (Lipinski definition) is 2. The molecule has 3 N–H and O–H groups in total. The zero-order chi connectivity index (χ0) is 13.1. The highest BCUT2D eigenvalue weighted by Crippen LogP contribution is 2.30. The monoisotopic (exact) mass is 246 g/mol. The van der Waals surface area contributed by atoms with Gasteiger partial charge in [0.1, 0.15) is 0 Å². The van der Waals surface area contributed by atoms with E-state index in [4.69, 9.17) is 5.73 Å². The van der Waals surface area contributed by atoms with Crippen molar-refractivity contribution in [2.24, 2.45) is 17.6 Å². The predicted molar refractivity (Wildman–Crippen MR) is 74.5 cm³/mol. The zero-order valence-electron chi connectivity index (χ0n) is 11.1. The van der Waals surface area contributed by atoms with Crippen LogP contribution in [-0.4, -0.2) is 11.9 Å². The minimum atomic E-state index is -0.371. The van der Waals surface area contributed by atoms with E-state index in [2.05, 4.69) is 19.2 Å². The molecule has 1 aromatic rings. The third-order valence-corrected chi connectivity index (χ3v) is 3.93. The number of amides is 1. The summed E-state index contributed by atoms with van der Waals surface area (Å²) < 4.78 is 0. The standard InChI is InChI=1S/C15H22N2O/c1-10-6-7-14(11(2)8-10)17-13-5-3-4-12(9-13)15(16)18/h3-5,9-11,14,17H,6-8H2,1-2H3,(H2,16,18). The van der Waals surface area contributed by atoms with Crippen molar-refractivity contribution in [1.29, 1.82) is 0 Å². The molecule has 98 valence electrons. The molecule has 3 heteroatoms. The van der Waals surface area contributed by atoms with Crippen LogP contribution in [-0.2, 0) is 0 Å². The van der Waals surface area contributed by atoms with Gasteiger partial charge in [-0.2, -0.15) is 0 Å². The number of carbonyl (C=O) groups excluding carboxylic acids is 1. The number of nitrogens with one attached hydrogen (secondary N) is 1. The molecule has 0 spiro atoms. The minimum Gasteiger partial charge on any atom is -0.382 e. The van der Waals surface area contributed by atoms with E-state index in [-0.39, 0.29) is 5.91 Å². The number of benzene rings is 1. The number of rotatable bonds is 3. The molecule has 1 fully saturated rings. The van der Waals surface area contributed by atoms with Crippen LogP contribution in [0.15, 0.2) is 24.3 Å². The molecule has 2 rings (SSSR count). The maximum Gasteiger partial charge on any atom is 0.248 e. The predicted octanol–water partition coefficient (Wildman–Crippen LogP) is 3.02. The molecule has 1 aromatic carbocycles. The van der Waals surface area contributed by atoms with Crippen LogP contribution >= 0.6 is 0 Å². The summed E-state index contributed by atoms with van der Waals surface area (Å²) in [5, 5.41) is 3.54. The molecule has 0 aromatic heterocycles. The first-order valence-corrected chi connectivity index (χ1v) is 6.72. The van der Waals surface area contributed by atoms with Crippen LogP contribution in [0.25, 0.3) is 0 Å². The summed E-state index contributed by atoms with van der Waals surface area (Å²) in [6, 6.07) is 7.97. The molecule has 1 aliphatic rings. The lowest BCUT2D eigenvalue weighted by molar-refractivity contribution is 0.100. The Morgan fingerprint density at radius 1 is 1.33 bits per heavy atom. The lowest BCUT2D eigenvalue weighted by atomic mass is 9.80. The fourth-order valence-corrected chi connectivity index (χ4v) is 2.86. The van der Waals surface area contributed by atoms with Gasteiger partial charge < -0.3 is 11.1 Å². The van der Waals surface area contributed by atoms with Gasteiger partial charge in [-0.25, -0.2) is 0 Å². The molecule has 1 amide bonds. The number of hydrogen-bond acceptors (Lipinski definition) is 2. The quantitative estimate of drug-likeness (QED) is 0.861. The molecule has 0 heterocycles. The van der Waals surface area contributed by atoms with Crippen LogP contribution in [0.4, 0.5) is 5.69 Å². The van der Waals surface area contributed by atoms with Gasteiger partial charge in [0.2, 0.25) is 5.91 Å². The highest BCUT2D eigenvalue weighted by atomic mass is 16.1. The maximum absolute atomic E-state index is 11.1. The number of anilines is 1. The molecule has 1 saturated carbocycles. The van der Waals surface area contributed by atoms with Crippen molar-refractivity contribution in [1.82, 2.24) is 0 Å².